The number of nitrogens with one attached hydrogen (secondary N) is 1. The van der Waals surface area contributed by atoms with Gasteiger partial charge in [0.05, 0.1) is 5.02 Å². The molecular weight excluding hydrogens is 427 g/mol. The third kappa shape index (κ3) is 5.32. The van der Waals surface area contributed by atoms with Crippen molar-refractivity contribution in [1.82, 2.24) is 0 Å². The molecule has 0 heterocycles. The summed E-state index contributed by atoms with van der Waals surface area (Å²) in [6.07, 6.45) is -0.797. The average Bonchev–Trinajstić information content (AvgIpc) is 2.54. The summed E-state index contributed by atoms with van der Waals surface area (Å²) in [5.41, 5.74) is 1.62. The zero-order valence-electron chi connectivity index (χ0n) is 13.2. The summed E-state index contributed by atoms with van der Waals surface area (Å²) < 4.78 is 4.06. The molecule has 0 aliphatic carbocycles. The number of ether oxygens (including phenoxy) is 1. The van der Waals surface area contributed by atoms with Crippen molar-refractivity contribution >= 4 is 69.6 Å². The molecule has 1 atom stereocenters. The van der Waals surface area contributed by atoms with Crippen LogP contribution in [0.2, 0.25) is 10.0 Å². The van der Waals surface area contributed by atoms with E-state index in [4.69, 9.17) is 62.7 Å². The van der Waals surface area contributed by atoms with Gasteiger partial charge in [-0.15, -0.1) is 0 Å². The first-order valence-corrected chi connectivity index (χ1v) is 9.08. The zero-order chi connectivity index (χ0) is 18.8. The number of carbonyl (C=O) groups is 1. The number of benzene rings is 2. The predicted molar refractivity (Wildman–Crippen MR) is 106 cm³/mol. The first kappa shape index (κ1) is 20.5. The molecule has 0 aliphatic rings. The molecular formula is C17H14Cl5NO2. The van der Waals surface area contributed by atoms with E-state index in [1.807, 2.05) is 0 Å². The number of halogens is 5. The van der Waals surface area contributed by atoms with E-state index >= 15 is 0 Å². The second kappa shape index (κ2) is 8.24. The van der Waals surface area contributed by atoms with Gasteiger partial charge >= 0.3 is 0 Å². The maximum atomic E-state index is 12.3. The van der Waals surface area contributed by atoms with Gasteiger partial charge in [-0.2, -0.15) is 0 Å². The molecule has 0 bridgehead atoms. The second-order valence-corrected chi connectivity index (χ2v) is 8.38. The Kier molecular flexibility index (Phi) is 6.74. The number of anilines is 1. The van der Waals surface area contributed by atoms with Crippen molar-refractivity contribution in [3.63, 3.8) is 0 Å². The lowest BCUT2D eigenvalue weighted by atomic mass is 10.2. The fourth-order valence-electron chi connectivity index (χ4n) is 1.99. The van der Waals surface area contributed by atoms with E-state index < -0.39 is 9.90 Å². The van der Waals surface area contributed by atoms with Crippen LogP contribution in [-0.4, -0.2) is 12.0 Å². The molecule has 25 heavy (non-hydrogen) atoms. The summed E-state index contributed by atoms with van der Waals surface area (Å²) in [5, 5.41) is 3.60. The van der Waals surface area contributed by atoms with Crippen LogP contribution in [0.1, 0.15) is 18.1 Å². The molecule has 1 amide bonds. The molecule has 0 saturated carbocycles. The summed E-state index contributed by atoms with van der Waals surface area (Å²) in [6.45, 7) is 3.37. The van der Waals surface area contributed by atoms with E-state index in [1.165, 1.54) is 0 Å². The first-order chi connectivity index (χ1) is 11.6. The third-order valence-corrected chi connectivity index (χ3v) is 4.95. The first-order valence-electron chi connectivity index (χ1n) is 7.19. The van der Waals surface area contributed by atoms with Gasteiger partial charge in [0, 0.05) is 16.3 Å². The van der Waals surface area contributed by atoms with Gasteiger partial charge in [-0.1, -0.05) is 70.1 Å². The van der Waals surface area contributed by atoms with Crippen LogP contribution in [-0.2, 0) is 8.59 Å². The number of amides is 1. The van der Waals surface area contributed by atoms with Gasteiger partial charge in [0.15, 0.2) is 6.10 Å². The largest absolute Gasteiger partial charge is 0.479 e. The van der Waals surface area contributed by atoms with Gasteiger partial charge in [0.1, 0.15) is 5.75 Å². The van der Waals surface area contributed by atoms with Crippen molar-refractivity contribution in [1.29, 1.82) is 0 Å². The van der Waals surface area contributed by atoms with Crippen LogP contribution in [0.25, 0.3) is 0 Å². The van der Waals surface area contributed by atoms with E-state index in [0.717, 1.165) is 0 Å². The van der Waals surface area contributed by atoms with Gasteiger partial charge in [-0.25, -0.2) is 0 Å². The van der Waals surface area contributed by atoms with E-state index in [9.17, 15) is 4.79 Å². The quantitative estimate of drug-likeness (QED) is 0.548. The molecule has 2 rings (SSSR count). The van der Waals surface area contributed by atoms with Crippen molar-refractivity contribution in [3.8, 4) is 5.75 Å². The highest BCUT2D eigenvalue weighted by Crippen LogP contribution is 2.39. The SMILES string of the molecule is Cc1c(Cl)ccc(OC(C)C(=O)Nc2cccc(C(Cl)(Cl)Cl)c2)c1Cl. The molecule has 0 saturated heterocycles. The van der Waals surface area contributed by atoms with Crippen LogP contribution in [0, 0.1) is 6.92 Å². The molecule has 8 heteroatoms. The Bertz CT molecular complexity index is 789. The predicted octanol–water partition coefficient (Wildman–Crippen LogP) is 6.53. The maximum absolute atomic E-state index is 12.3. The standard InChI is InChI=1S/C17H14Cl5NO2/c1-9-13(18)6-7-14(15(9)19)25-10(2)16(24)23-12-5-3-4-11(8-12)17(20,21)22/h3-8,10H,1-2H3,(H,23,24). The Morgan fingerprint density at radius 2 is 1.84 bits per heavy atom. The fraction of sp³-hybridized carbons (Fsp3) is 0.235. The fourth-order valence-corrected chi connectivity index (χ4v) is 2.76. The van der Waals surface area contributed by atoms with Gasteiger partial charge < -0.3 is 10.1 Å². The van der Waals surface area contributed by atoms with Crippen LogP contribution < -0.4 is 10.1 Å². The normalized spacial score (nSPS) is 12.6. The Morgan fingerprint density at radius 3 is 2.48 bits per heavy atom. The molecule has 1 unspecified atom stereocenters. The molecule has 0 spiro atoms. The van der Waals surface area contributed by atoms with Gasteiger partial charge in [0.25, 0.3) is 5.91 Å². The van der Waals surface area contributed by atoms with Crippen molar-refractivity contribution < 1.29 is 9.53 Å². The summed E-state index contributed by atoms with van der Waals surface area (Å²) in [5.74, 6) is 0.00592. The molecule has 0 aromatic heterocycles. The van der Waals surface area contributed by atoms with Gasteiger partial charge in [-0.3, -0.25) is 4.79 Å². The van der Waals surface area contributed by atoms with E-state index in [2.05, 4.69) is 5.32 Å². The summed E-state index contributed by atoms with van der Waals surface area (Å²) in [4.78, 5) is 12.3. The molecule has 0 aliphatic heterocycles. The smallest absolute Gasteiger partial charge is 0.265 e. The third-order valence-electron chi connectivity index (χ3n) is 3.42. The number of carbonyl (C=O) groups excluding carboxylic acids is 1. The van der Waals surface area contributed by atoms with Crippen LogP contribution in [0.15, 0.2) is 36.4 Å². The summed E-state index contributed by atoms with van der Waals surface area (Å²) >= 11 is 29.7. The van der Waals surface area contributed by atoms with Crippen LogP contribution >= 0.6 is 58.0 Å². The minimum atomic E-state index is -1.57. The van der Waals surface area contributed by atoms with Crippen molar-refractivity contribution in [2.45, 2.75) is 23.7 Å². The molecule has 0 radical (unpaired) electrons. The number of hydrogen-bond acceptors (Lipinski definition) is 2. The lowest BCUT2D eigenvalue weighted by molar-refractivity contribution is -0.122. The highest BCUT2D eigenvalue weighted by atomic mass is 35.6. The monoisotopic (exact) mass is 439 g/mol. The molecule has 0 fully saturated rings. The Balaban J connectivity index is 2.10. The maximum Gasteiger partial charge on any atom is 0.265 e. The minimum absolute atomic E-state index is 0.366. The van der Waals surface area contributed by atoms with Crippen LogP contribution in [0.4, 0.5) is 5.69 Å². The van der Waals surface area contributed by atoms with Gasteiger partial charge in [0.2, 0.25) is 3.79 Å². The molecule has 1 N–H and O–H groups in total. The number of alkyl halides is 3. The van der Waals surface area contributed by atoms with Crippen molar-refractivity contribution in [2.24, 2.45) is 0 Å². The van der Waals surface area contributed by atoms with Crippen LogP contribution in [0.3, 0.4) is 0 Å². The Labute approximate surface area is 171 Å². The zero-order valence-corrected chi connectivity index (χ0v) is 17.0. The second-order valence-electron chi connectivity index (χ2n) is 5.31. The highest BCUT2D eigenvalue weighted by molar-refractivity contribution is 6.66. The van der Waals surface area contributed by atoms with Gasteiger partial charge in [-0.05, 0) is 43.7 Å². The average molecular weight is 442 g/mol. The van der Waals surface area contributed by atoms with Crippen LogP contribution in [0.5, 0.6) is 5.75 Å². The van der Waals surface area contributed by atoms with E-state index in [1.54, 1.807) is 50.2 Å². The molecule has 3 nitrogen and oxygen atoms in total. The number of hydrogen-bond donors (Lipinski definition) is 1. The molecule has 134 valence electrons. The molecule has 2 aromatic carbocycles. The van der Waals surface area contributed by atoms with Crippen molar-refractivity contribution in [3.05, 3.63) is 57.6 Å². The lowest BCUT2D eigenvalue weighted by Gasteiger charge is -2.18. The Morgan fingerprint density at radius 1 is 1.16 bits per heavy atom. The Hall–Kier alpha value is -0.840. The van der Waals surface area contributed by atoms with E-state index in [-0.39, 0.29) is 5.91 Å². The van der Waals surface area contributed by atoms with Crippen molar-refractivity contribution in [2.75, 3.05) is 5.32 Å². The summed E-state index contributed by atoms with van der Waals surface area (Å²) in [6, 6.07) is 9.87. The topological polar surface area (TPSA) is 38.3 Å². The summed E-state index contributed by atoms with van der Waals surface area (Å²) in [7, 11) is 0. The lowest BCUT2D eigenvalue weighted by Crippen LogP contribution is -2.30. The number of rotatable bonds is 4. The van der Waals surface area contributed by atoms with E-state index in [0.29, 0.717) is 32.6 Å². The molecule has 2 aromatic rings. The minimum Gasteiger partial charge on any atom is -0.479 e. The highest BCUT2D eigenvalue weighted by Gasteiger charge is 2.23.